The van der Waals surface area contributed by atoms with E-state index >= 15 is 0 Å². The summed E-state index contributed by atoms with van der Waals surface area (Å²) < 4.78 is 38.3. The zero-order chi connectivity index (χ0) is 17.9. The van der Waals surface area contributed by atoms with E-state index in [4.69, 9.17) is 0 Å². The average molecular weight is 347 g/mol. The maximum Gasteiger partial charge on any atom is 0.433 e. The van der Waals surface area contributed by atoms with Gasteiger partial charge in [-0.15, -0.1) is 0 Å². The highest BCUT2D eigenvalue weighted by Gasteiger charge is 2.33. The number of nitrogens with one attached hydrogen (secondary N) is 1. The number of nitriles is 1. The quantitative estimate of drug-likeness (QED) is 0.921. The van der Waals surface area contributed by atoms with Crippen LogP contribution in [0.2, 0.25) is 0 Å². The topological polar surface area (TPSA) is 64.8 Å². The van der Waals surface area contributed by atoms with E-state index in [1.807, 2.05) is 12.1 Å². The van der Waals surface area contributed by atoms with Crippen molar-refractivity contribution < 1.29 is 13.2 Å². The van der Waals surface area contributed by atoms with Gasteiger partial charge in [0.25, 0.3) is 0 Å². The molecular formula is C17H16F3N5. The zero-order valence-electron chi connectivity index (χ0n) is 13.3. The van der Waals surface area contributed by atoms with E-state index in [-0.39, 0.29) is 11.9 Å². The Kier molecular flexibility index (Phi) is 4.74. The van der Waals surface area contributed by atoms with Gasteiger partial charge in [-0.3, -0.25) is 0 Å². The fourth-order valence-electron chi connectivity index (χ4n) is 2.96. The molecule has 1 aromatic heterocycles. The molecule has 5 nitrogen and oxygen atoms in total. The Bertz CT molecular complexity index is 784. The van der Waals surface area contributed by atoms with E-state index in [1.165, 1.54) is 0 Å². The molecule has 0 saturated carbocycles. The average Bonchev–Trinajstić information content (AvgIpc) is 2.61. The molecule has 2 aromatic rings. The van der Waals surface area contributed by atoms with Crippen molar-refractivity contribution in [3.63, 3.8) is 0 Å². The van der Waals surface area contributed by atoms with Crippen molar-refractivity contribution in [3.8, 4) is 6.07 Å². The molecule has 1 aliphatic rings. The van der Waals surface area contributed by atoms with Gasteiger partial charge in [0.05, 0.1) is 11.3 Å². The van der Waals surface area contributed by atoms with E-state index in [2.05, 4.69) is 26.3 Å². The van der Waals surface area contributed by atoms with Crippen molar-refractivity contribution in [1.29, 1.82) is 5.26 Å². The molecule has 0 amide bonds. The minimum atomic E-state index is -4.50. The second-order valence-corrected chi connectivity index (χ2v) is 5.84. The van der Waals surface area contributed by atoms with Gasteiger partial charge >= 0.3 is 6.18 Å². The molecule has 0 aliphatic carbocycles. The largest absolute Gasteiger partial charge is 0.433 e. The molecule has 1 unspecified atom stereocenters. The number of halogens is 3. The van der Waals surface area contributed by atoms with Crippen LogP contribution in [0.3, 0.4) is 0 Å². The van der Waals surface area contributed by atoms with Gasteiger partial charge in [0.15, 0.2) is 0 Å². The summed E-state index contributed by atoms with van der Waals surface area (Å²) >= 11 is 0. The van der Waals surface area contributed by atoms with Crippen LogP contribution in [0, 0.1) is 11.3 Å². The third-order valence-electron chi connectivity index (χ3n) is 4.10. The predicted molar refractivity (Wildman–Crippen MR) is 87.0 cm³/mol. The van der Waals surface area contributed by atoms with Gasteiger partial charge in [-0.25, -0.2) is 9.97 Å². The number of hydrogen-bond donors (Lipinski definition) is 1. The minimum Gasteiger partial charge on any atom is -0.368 e. The standard InChI is InChI=1S/C17H16F3N5/c18-17(19,20)15-8-16(23-11-22-15)24-13-5-3-7-25(10-13)14-6-2-1-4-12(14)9-21/h1-2,4,6,8,11,13H,3,5,7,10H2,(H,22,23,24). The summed E-state index contributed by atoms with van der Waals surface area (Å²) in [5, 5.41) is 12.3. The third kappa shape index (κ3) is 3.99. The van der Waals surface area contributed by atoms with Crippen molar-refractivity contribution in [3.05, 3.63) is 47.9 Å². The number of para-hydroxylation sites is 1. The van der Waals surface area contributed by atoms with Gasteiger partial charge in [0, 0.05) is 25.2 Å². The van der Waals surface area contributed by atoms with Gasteiger partial charge in [0.1, 0.15) is 23.9 Å². The minimum absolute atomic E-state index is 0.0588. The molecule has 2 heterocycles. The molecule has 25 heavy (non-hydrogen) atoms. The zero-order valence-corrected chi connectivity index (χ0v) is 13.3. The molecule has 3 rings (SSSR count). The highest BCUT2D eigenvalue weighted by atomic mass is 19.4. The smallest absolute Gasteiger partial charge is 0.368 e. The van der Waals surface area contributed by atoms with Crippen molar-refractivity contribution in [2.45, 2.75) is 25.1 Å². The first-order valence-electron chi connectivity index (χ1n) is 7.87. The van der Waals surface area contributed by atoms with Crippen LogP contribution in [0.4, 0.5) is 24.7 Å². The normalized spacial score (nSPS) is 17.8. The maximum atomic E-state index is 12.8. The van der Waals surface area contributed by atoms with Crippen LogP contribution in [0.25, 0.3) is 0 Å². The highest BCUT2D eigenvalue weighted by molar-refractivity contribution is 5.59. The summed E-state index contributed by atoms with van der Waals surface area (Å²) in [5.74, 6) is 0.155. The van der Waals surface area contributed by atoms with Gasteiger partial charge in [-0.1, -0.05) is 12.1 Å². The SMILES string of the molecule is N#Cc1ccccc1N1CCCC(Nc2cc(C(F)(F)F)ncn2)C1. The van der Waals surface area contributed by atoms with E-state index in [1.54, 1.807) is 12.1 Å². The van der Waals surface area contributed by atoms with Crippen LogP contribution in [-0.4, -0.2) is 29.1 Å². The number of nitrogens with zero attached hydrogens (tertiary/aromatic N) is 4. The van der Waals surface area contributed by atoms with E-state index in [0.717, 1.165) is 37.5 Å². The number of hydrogen-bond acceptors (Lipinski definition) is 5. The molecule has 0 bridgehead atoms. The maximum absolute atomic E-state index is 12.8. The molecular weight excluding hydrogens is 331 g/mol. The monoisotopic (exact) mass is 347 g/mol. The first-order valence-corrected chi connectivity index (χ1v) is 7.87. The highest BCUT2D eigenvalue weighted by Crippen LogP contribution is 2.29. The van der Waals surface area contributed by atoms with Gasteiger partial charge < -0.3 is 10.2 Å². The van der Waals surface area contributed by atoms with E-state index < -0.39 is 11.9 Å². The van der Waals surface area contributed by atoms with Crippen LogP contribution < -0.4 is 10.2 Å². The lowest BCUT2D eigenvalue weighted by Crippen LogP contribution is -2.42. The van der Waals surface area contributed by atoms with Crippen LogP contribution in [0.1, 0.15) is 24.1 Å². The summed E-state index contributed by atoms with van der Waals surface area (Å²) in [5.41, 5.74) is 0.465. The fourth-order valence-corrected chi connectivity index (χ4v) is 2.96. The van der Waals surface area contributed by atoms with Crippen LogP contribution in [-0.2, 0) is 6.18 Å². The second-order valence-electron chi connectivity index (χ2n) is 5.84. The molecule has 1 atom stereocenters. The van der Waals surface area contributed by atoms with Crippen molar-refractivity contribution >= 4 is 11.5 Å². The lowest BCUT2D eigenvalue weighted by Gasteiger charge is -2.35. The summed E-state index contributed by atoms with van der Waals surface area (Å²) in [7, 11) is 0. The summed E-state index contributed by atoms with van der Waals surface area (Å²) in [6, 6.07) is 10.3. The molecule has 1 N–H and O–H groups in total. The van der Waals surface area contributed by atoms with Gasteiger partial charge in [-0.2, -0.15) is 18.4 Å². The Morgan fingerprint density at radius 1 is 1.24 bits per heavy atom. The van der Waals surface area contributed by atoms with E-state index in [0.29, 0.717) is 12.1 Å². The number of anilines is 2. The summed E-state index contributed by atoms with van der Waals surface area (Å²) in [6.45, 7) is 1.39. The number of benzene rings is 1. The number of piperidine rings is 1. The summed E-state index contributed by atoms with van der Waals surface area (Å²) in [4.78, 5) is 9.23. The second kappa shape index (κ2) is 6.97. The Balaban J connectivity index is 1.73. The van der Waals surface area contributed by atoms with E-state index in [9.17, 15) is 18.4 Å². The lowest BCUT2D eigenvalue weighted by molar-refractivity contribution is -0.141. The Hall–Kier alpha value is -2.82. The molecule has 1 saturated heterocycles. The van der Waals surface area contributed by atoms with Gasteiger partial charge in [-0.05, 0) is 25.0 Å². The molecule has 1 aromatic carbocycles. The van der Waals surface area contributed by atoms with Crippen molar-refractivity contribution in [2.75, 3.05) is 23.3 Å². The summed E-state index contributed by atoms with van der Waals surface area (Å²) in [6.07, 6.45) is -1.90. The number of aromatic nitrogens is 2. The van der Waals surface area contributed by atoms with Gasteiger partial charge in [0.2, 0.25) is 0 Å². The molecule has 8 heteroatoms. The number of alkyl halides is 3. The number of rotatable bonds is 3. The van der Waals surface area contributed by atoms with Crippen LogP contribution in [0.15, 0.2) is 36.7 Å². The third-order valence-corrected chi connectivity index (χ3v) is 4.10. The molecule has 0 radical (unpaired) electrons. The van der Waals surface area contributed by atoms with Crippen LogP contribution >= 0.6 is 0 Å². The molecule has 130 valence electrons. The molecule has 1 fully saturated rings. The lowest BCUT2D eigenvalue weighted by atomic mass is 10.0. The van der Waals surface area contributed by atoms with Crippen molar-refractivity contribution in [1.82, 2.24) is 9.97 Å². The first kappa shape index (κ1) is 17.0. The predicted octanol–water partition coefficient (Wildman–Crippen LogP) is 3.45. The van der Waals surface area contributed by atoms with Crippen molar-refractivity contribution in [2.24, 2.45) is 0 Å². The fraction of sp³-hybridized carbons (Fsp3) is 0.353. The first-order chi connectivity index (χ1) is 12.0. The Morgan fingerprint density at radius 3 is 2.80 bits per heavy atom. The Labute approximate surface area is 143 Å². The Morgan fingerprint density at radius 2 is 2.04 bits per heavy atom. The molecule has 1 aliphatic heterocycles. The molecule has 0 spiro atoms. The van der Waals surface area contributed by atoms with Crippen LogP contribution in [0.5, 0.6) is 0 Å².